The Morgan fingerprint density at radius 3 is 1.59 bits per heavy atom. The molecule has 0 aromatic heterocycles. The van der Waals surface area contributed by atoms with Crippen molar-refractivity contribution in [3.8, 4) is 0 Å². The number of benzene rings is 4. The largest absolute Gasteiger partial charge is 0.446 e. The number of hydrogen-bond acceptors (Lipinski definition) is 3. The molecule has 1 aliphatic rings. The van der Waals surface area contributed by atoms with Crippen LogP contribution in [0, 0.1) is 0 Å². The van der Waals surface area contributed by atoms with Crippen LogP contribution in [-0.4, -0.2) is 17.2 Å². The first-order valence-electron chi connectivity index (χ1n) is 11.6. The normalized spacial score (nSPS) is 19.2. The number of ether oxygens (including phenoxy) is 1. The second kappa shape index (κ2) is 9.11. The molecule has 0 radical (unpaired) electrons. The Hall–Kier alpha value is -3.98. The van der Waals surface area contributed by atoms with Crippen molar-refractivity contribution in [3.05, 3.63) is 144 Å². The van der Waals surface area contributed by atoms with Crippen LogP contribution < -0.4 is 0 Å². The smallest absolute Gasteiger partial charge is 0.336 e. The van der Waals surface area contributed by atoms with Crippen LogP contribution in [0.15, 0.2) is 126 Å². The first kappa shape index (κ1) is 21.8. The standard InChI is InChI=1S/C31H27NO2/c1-30(27-20-12-5-13-21-27)28(26-18-10-4-11-19-26)32-31(29(33)34-30,22-24-14-6-2-7-15-24)23-25-16-8-3-9-17-25/h2-21H,22-23H2,1H3/t30-/m0/s1. The van der Waals surface area contributed by atoms with E-state index >= 15 is 0 Å². The minimum absolute atomic E-state index is 0.300. The molecule has 4 aromatic rings. The van der Waals surface area contributed by atoms with Gasteiger partial charge in [0.2, 0.25) is 0 Å². The summed E-state index contributed by atoms with van der Waals surface area (Å²) in [6.07, 6.45) is 0.922. The monoisotopic (exact) mass is 445 g/mol. The van der Waals surface area contributed by atoms with Gasteiger partial charge in [-0.1, -0.05) is 121 Å². The summed E-state index contributed by atoms with van der Waals surface area (Å²) in [6.45, 7) is 1.95. The van der Waals surface area contributed by atoms with Crippen LogP contribution in [0.1, 0.15) is 29.2 Å². The predicted octanol–water partition coefficient (Wildman–Crippen LogP) is 6.17. The molecule has 5 rings (SSSR count). The maximum Gasteiger partial charge on any atom is 0.336 e. The summed E-state index contributed by atoms with van der Waals surface area (Å²) in [7, 11) is 0. The van der Waals surface area contributed by atoms with Crippen molar-refractivity contribution < 1.29 is 9.53 Å². The Kier molecular flexibility index (Phi) is 5.85. The number of carbonyl (C=O) groups excluding carboxylic acids is 1. The van der Waals surface area contributed by atoms with Crippen molar-refractivity contribution in [3.63, 3.8) is 0 Å². The summed E-state index contributed by atoms with van der Waals surface area (Å²) < 4.78 is 6.42. The van der Waals surface area contributed by atoms with Gasteiger partial charge in [0.1, 0.15) is 0 Å². The molecule has 3 heteroatoms. The van der Waals surface area contributed by atoms with E-state index in [0.29, 0.717) is 12.8 Å². The Morgan fingerprint density at radius 1 is 0.647 bits per heavy atom. The zero-order valence-electron chi connectivity index (χ0n) is 19.2. The Bertz CT molecular complexity index is 1240. The summed E-state index contributed by atoms with van der Waals surface area (Å²) in [5, 5.41) is 0. The highest BCUT2D eigenvalue weighted by molar-refractivity contribution is 6.11. The molecule has 0 saturated heterocycles. The van der Waals surface area contributed by atoms with Crippen LogP contribution >= 0.6 is 0 Å². The maximum absolute atomic E-state index is 14.0. The van der Waals surface area contributed by atoms with Gasteiger partial charge in [-0.15, -0.1) is 0 Å². The van der Waals surface area contributed by atoms with Gasteiger partial charge in [0.05, 0.1) is 5.71 Å². The summed E-state index contributed by atoms with van der Waals surface area (Å²) in [6, 6.07) is 40.1. The van der Waals surface area contributed by atoms with Gasteiger partial charge >= 0.3 is 5.97 Å². The highest BCUT2D eigenvalue weighted by atomic mass is 16.6. The van der Waals surface area contributed by atoms with Crippen molar-refractivity contribution in [2.45, 2.75) is 30.9 Å². The second-order valence-electron chi connectivity index (χ2n) is 8.97. The first-order valence-corrected chi connectivity index (χ1v) is 11.6. The number of nitrogens with zero attached hydrogens (tertiary/aromatic N) is 1. The van der Waals surface area contributed by atoms with E-state index in [9.17, 15) is 4.79 Å². The van der Waals surface area contributed by atoms with Crippen LogP contribution in [0.2, 0.25) is 0 Å². The highest BCUT2D eigenvalue weighted by Gasteiger charge is 2.51. The zero-order valence-corrected chi connectivity index (χ0v) is 19.2. The van der Waals surface area contributed by atoms with Crippen molar-refractivity contribution >= 4 is 11.7 Å². The van der Waals surface area contributed by atoms with Gasteiger partial charge in [-0.3, -0.25) is 4.99 Å². The van der Waals surface area contributed by atoms with Crippen molar-refractivity contribution in [2.24, 2.45) is 4.99 Å². The summed E-state index contributed by atoms with van der Waals surface area (Å²) in [5.74, 6) is -0.300. The minimum atomic E-state index is -1.07. The van der Waals surface area contributed by atoms with Crippen LogP contribution in [0.4, 0.5) is 0 Å². The number of aliphatic imine (C=N–C) groups is 1. The maximum atomic E-state index is 14.0. The van der Waals surface area contributed by atoms with Gasteiger partial charge in [0.15, 0.2) is 11.1 Å². The van der Waals surface area contributed by atoms with Crippen LogP contribution in [0.5, 0.6) is 0 Å². The van der Waals surface area contributed by atoms with E-state index in [1.165, 1.54) is 0 Å². The molecule has 0 bridgehead atoms. The fraction of sp³-hybridized carbons (Fsp3) is 0.161. The van der Waals surface area contributed by atoms with Crippen LogP contribution in [0.3, 0.4) is 0 Å². The van der Waals surface area contributed by atoms with Gasteiger partial charge in [-0.25, -0.2) is 4.79 Å². The third kappa shape index (κ3) is 4.17. The lowest BCUT2D eigenvalue weighted by Gasteiger charge is -2.42. The number of rotatable bonds is 6. The van der Waals surface area contributed by atoms with Crippen molar-refractivity contribution in [2.75, 3.05) is 0 Å². The summed E-state index contributed by atoms with van der Waals surface area (Å²) in [5.41, 5.74) is 2.67. The molecule has 0 aliphatic carbocycles. The lowest BCUT2D eigenvalue weighted by Crippen LogP contribution is -2.54. The van der Waals surface area contributed by atoms with E-state index in [1.54, 1.807) is 0 Å². The zero-order chi connectivity index (χ0) is 23.4. The highest BCUT2D eigenvalue weighted by Crippen LogP contribution is 2.40. The summed E-state index contributed by atoms with van der Waals surface area (Å²) >= 11 is 0. The van der Waals surface area contributed by atoms with E-state index in [-0.39, 0.29) is 5.97 Å². The van der Waals surface area contributed by atoms with Gasteiger partial charge in [-0.05, 0) is 18.1 Å². The minimum Gasteiger partial charge on any atom is -0.446 e. The molecule has 0 unspecified atom stereocenters. The molecule has 0 amide bonds. The molecule has 0 fully saturated rings. The molecule has 1 aliphatic heterocycles. The molecule has 0 spiro atoms. The molecule has 4 aromatic carbocycles. The number of esters is 1. The van der Waals surface area contributed by atoms with Gasteiger partial charge in [0.25, 0.3) is 0 Å². The molecule has 34 heavy (non-hydrogen) atoms. The molecule has 0 saturated carbocycles. The molecule has 1 atom stereocenters. The summed E-state index contributed by atoms with van der Waals surface area (Å²) in [4.78, 5) is 19.3. The third-order valence-corrected chi connectivity index (χ3v) is 6.51. The Morgan fingerprint density at radius 2 is 1.09 bits per heavy atom. The van der Waals surface area contributed by atoms with Gasteiger partial charge in [-0.2, -0.15) is 0 Å². The number of carbonyl (C=O) groups is 1. The molecule has 3 nitrogen and oxygen atoms in total. The molecule has 168 valence electrons. The predicted molar refractivity (Wildman–Crippen MR) is 136 cm³/mol. The topological polar surface area (TPSA) is 38.7 Å². The number of cyclic esters (lactones) is 1. The van der Waals surface area contributed by atoms with E-state index < -0.39 is 11.1 Å². The third-order valence-electron chi connectivity index (χ3n) is 6.51. The molecular formula is C31H27NO2. The number of hydrogen-bond donors (Lipinski definition) is 0. The quantitative estimate of drug-likeness (QED) is 0.333. The SMILES string of the molecule is C[C@@]1(c2ccccc2)OC(=O)C(Cc2ccccc2)(Cc2ccccc2)N=C1c1ccccc1. The lowest BCUT2D eigenvalue weighted by atomic mass is 9.79. The molecular weight excluding hydrogens is 418 g/mol. The van der Waals surface area contributed by atoms with Crippen molar-refractivity contribution in [1.29, 1.82) is 0 Å². The molecule has 0 N–H and O–H groups in total. The van der Waals surface area contributed by atoms with Crippen LogP contribution in [-0.2, 0) is 28.0 Å². The van der Waals surface area contributed by atoms with Crippen molar-refractivity contribution in [1.82, 2.24) is 0 Å². The van der Waals surface area contributed by atoms with Gasteiger partial charge in [0, 0.05) is 24.0 Å². The van der Waals surface area contributed by atoms with E-state index in [2.05, 4.69) is 0 Å². The average Bonchev–Trinajstić information content (AvgIpc) is 2.89. The van der Waals surface area contributed by atoms with E-state index in [4.69, 9.17) is 9.73 Å². The van der Waals surface area contributed by atoms with E-state index in [1.807, 2.05) is 128 Å². The first-order chi connectivity index (χ1) is 16.6. The van der Waals surface area contributed by atoms with Crippen LogP contribution in [0.25, 0.3) is 0 Å². The fourth-order valence-electron chi connectivity index (χ4n) is 4.74. The van der Waals surface area contributed by atoms with E-state index in [0.717, 1.165) is 28.0 Å². The van der Waals surface area contributed by atoms with Gasteiger partial charge < -0.3 is 4.74 Å². The second-order valence-corrected chi connectivity index (χ2v) is 8.97. The lowest BCUT2D eigenvalue weighted by molar-refractivity contribution is -0.162. The Balaban J connectivity index is 1.72. The molecule has 1 heterocycles. The Labute approximate surface area is 200 Å². The fourth-order valence-corrected chi connectivity index (χ4v) is 4.74. The average molecular weight is 446 g/mol.